The summed E-state index contributed by atoms with van der Waals surface area (Å²) < 4.78 is 72.0. The van der Waals surface area contributed by atoms with Crippen LogP contribution >= 0.6 is 0 Å². The Labute approximate surface area is 78.7 Å². The molecule has 0 aliphatic rings. The first-order valence-electron chi connectivity index (χ1n) is 3.49. The van der Waals surface area contributed by atoms with Crippen LogP contribution < -0.4 is 0 Å². The van der Waals surface area contributed by atoms with Gasteiger partial charge in [0.15, 0.2) is 6.10 Å². The fourth-order valence-corrected chi connectivity index (χ4v) is 0.906. The van der Waals surface area contributed by atoms with Crippen molar-refractivity contribution in [1.82, 2.24) is 10.2 Å². The first kappa shape index (κ1) is 11.8. The van der Waals surface area contributed by atoms with Gasteiger partial charge in [-0.3, -0.25) is 5.10 Å². The molecule has 0 amide bonds. The largest absolute Gasteiger partial charge is 0.433 e. The maximum absolute atomic E-state index is 12.1. The van der Waals surface area contributed by atoms with E-state index in [2.05, 4.69) is 5.10 Å². The van der Waals surface area contributed by atoms with Gasteiger partial charge in [-0.2, -0.15) is 31.4 Å². The lowest BCUT2D eigenvalue weighted by Crippen LogP contribution is -2.23. The number of aromatic nitrogens is 2. The summed E-state index contributed by atoms with van der Waals surface area (Å²) in [5.41, 5.74) is -3.04. The third kappa shape index (κ3) is 2.41. The number of hydrogen-bond donors (Lipinski definition) is 2. The van der Waals surface area contributed by atoms with Gasteiger partial charge >= 0.3 is 12.4 Å². The van der Waals surface area contributed by atoms with Gasteiger partial charge in [-0.1, -0.05) is 0 Å². The molecule has 9 heteroatoms. The van der Waals surface area contributed by atoms with Crippen LogP contribution in [0.3, 0.4) is 0 Å². The highest BCUT2D eigenvalue weighted by Crippen LogP contribution is 2.38. The van der Waals surface area contributed by atoms with Crippen LogP contribution in [0.5, 0.6) is 0 Å². The normalized spacial score (nSPS) is 15.4. The third-order valence-corrected chi connectivity index (χ3v) is 1.56. The molecule has 1 atom stereocenters. The Balaban J connectivity index is 3.12. The van der Waals surface area contributed by atoms with Crippen molar-refractivity contribution >= 4 is 0 Å². The summed E-state index contributed by atoms with van der Waals surface area (Å²) in [6.45, 7) is 0. The predicted molar refractivity (Wildman–Crippen MR) is 34.6 cm³/mol. The molecule has 0 aliphatic carbocycles. The van der Waals surface area contributed by atoms with E-state index in [1.807, 2.05) is 0 Å². The second-order valence-corrected chi connectivity index (χ2v) is 2.64. The molecular weight excluding hydrogens is 230 g/mol. The molecule has 0 aliphatic heterocycles. The van der Waals surface area contributed by atoms with Crippen molar-refractivity contribution in [2.75, 3.05) is 0 Å². The summed E-state index contributed by atoms with van der Waals surface area (Å²) in [7, 11) is 0. The molecule has 2 N–H and O–H groups in total. The number of halogens is 6. The quantitative estimate of drug-likeness (QED) is 0.730. The van der Waals surface area contributed by atoms with Crippen LogP contribution in [0.15, 0.2) is 6.20 Å². The molecule has 1 aromatic rings. The van der Waals surface area contributed by atoms with Gasteiger partial charge in [-0.15, -0.1) is 0 Å². The minimum atomic E-state index is -5.16. The summed E-state index contributed by atoms with van der Waals surface area (Å²) >= 11 is 0. The molecule has 0 bridgehead atoms. The molecule has 3 nitrogen and oxygen atoms in total. The molecule has 0 fully saturated rings. The van der Waals surface area contributed by atoms with E-state index in [0.29, 0.717) is 6.20 Å². The highest BCUT2D eigenvalue weighted by molar-refractivity contribution is 5.23. The van der Waals surface area contributed by atoms with Gasteiger partial charge < -0.3 is 5.11 Å². The summed E-state index contributed by atoms with van der Waals surface area (Å²) in [4.78, 5) is 0. The number of nitrogens with zero attached hydrogens (tertiary/aromatic N) is 1. The topological polar surface area (TPSA) is 48.9 Å². The molecule has 0 saturated heterocycles. The Morgan fingerprint density at radius 3 is 2.13 bits per heavy atom. The number of aliphatic hydroxyl groups is 1. The number of alkyl halides is 6. The minimum absolute atomic E-state index is 0.293. The zero-order valence-electron chi connectivity index (χ0n) is 6.82. The number of rotatable bonds is 1. The summed E-state index contributed by atoms with van der Waals surface area (Å²) in [5.74, 6) is 0. The van der Waals surface area contributed by atoms with Gasteiger partial charge in [-0.05, 0) is 0 Å². The lowest BCUT2D eigenvalue weighted by Gasteiger charge is -2.15. The second-order valence-electron chi connectivity index (χ2n) is 2.64. The molecule has 86 valence electrons. The van der Waals surface area contributed by atoms with Crippen LogP contribution in [-0.2, 0) is 6.18 Å². The Morgan fingerprint density at radius 1 is 1.20 bits per heavy atom. The van der Waals surface area contributed by atoms with Crippen LogP contribution in [0.25, 0.3) is 0 Å². The van der Waals surface area contributed by atoms with E-state index in [1.54, 1.807) is 0 Å². The zero-order chi connectivity index (χ0) is 11.9. The number of aromatic amines is 1. The zero-order valence-corrected chi connectivity index (χ0v) is 6.82. The van der Waals surface area contributed by atoms with E-state index < -0.39 is 29.7 Å². The molecule has 15 heavy (non-hydrogen) atoms. The van der Waals surface area contributed by atoms with Gasteiger partial charge in [0.2, 0.25) is 0 Å². The first-order valence-corrected chi connectivity index (χ1v) is 3.49. The van der Waals surface area contributed by atoms with E-state index in [0.717, 1.165) is 0 Å². The van der Waals surface area contributed by atoms with Crippen molar-refractivity contribution in [2.24, 2.45) is 0 Å². The third-order valence-electron chi connectivity index (χ3n) is 1.56. The monoisotopic (exact) mass is 234 g/mol. The Bertz CT molecular complexity index is 340. The van der Waals surface area contributed by atoms with Crippen LogP contribution in [0.4, 0.5) is 26.3 Å². The molecule has 1 aromatic heterocycles. The van der Waals surface area contributed by atoms with Crippen LogP contribution in [0.1, 0.15) is 17.4 Å². The van der Waals surface area contributed by atoms with Gasteiger partial charge in [0.1, 0.15) is 5.69 Å². The summed E-state index contributed by atoms with van der Waals surface area (Å²) in [6.07, 6.45) is -13.1. The standard InChI is InChI=1S/C6H4F6N2O/c7-5(8,9)3-2(1-13-14-3)4(15)6(10,11)12/h1,4,15H,(H,13,14). The second kappa shape index (κ2) is 3.40. The van der Waals surface area contributed by atoms with E-state index in [4.69, 9.17) is 5.11 Å². The number of nitrogens with one attached hydrogen (secondary N) is 1. The van der Waals surface area contributed by atoms with Crippen molar-refractivity contribution < 1.29 is 31.4 Å². The molecule has 1 rings (SSSR count). The molecule has 0 aromatic carbocycles. The average molecular weight is 234 g/mol. The molecule has 0 radical (unpaired) electrons. The fraction of sp³-hybridized carbons (Fsp3) is 0.500. The number of hydrogen-bond acceptors (Lipinski definition) is 2. The highest BCUT2D eigenvalue weighted by Gasteiger charge is 2.46. The number of aliphatic hydroxyl groups excluding tert-OH is 1. The van der Waals surface area contributed by atoms with Gasteiger partial charge in [0.05, 0.1) is 6.20 Å². The van der Waals surface area contributed by atoms with E-state index in [1.165, 1.54) is 5.10 Å². The molecular formula is C6H4F6N2O. The lowest BCUT2D eigenvalue weighted by atomic mass is 10.1. The molecule has 0 saturated carbocycles. The van der Waals surface area contributed by atoms with Crippen LogP contribution in [0.2, 0.25) is 0 Å². The molecule has 1 unspecified atom stereocenters. The Kier molecular flexibility index (Phi) is 2.68. The Hall–Kier alpha value is -1.25. The molecule has 1 heterocycles. The van der Waals surface area contributed by atoms with Gasteiger partial charge in [0, 0.05) is 5.56 Å². The summed E-state index contributed by atoms with van der Waals surface area (Å²) in [5, 5.41) is 12.8. The predicted octanol–water partition coefficient (Wildman–Crippen LogP) is 2.02. The fourth-order valence-electron chi connectivity index (χ4n) is 0.906. The highest BCUT2D eigenvalue weighted by atomic mass is 19.4. The molecule has 0 spiro atoms. The van der Waals surface area contributed by atoms with Crippen molar-refractivity contribution in [1.29, 1.82) is 0 Å². The van der Waals surface area contributed by atoms with Crippen LogP contribution in [-0.4, -0.2) is 21.5 Å². The Morgan fingerprint density at radius 2 is 1.73 bits per heavy atom. The number of H-pyrrole nitrogens is 1. The van der Waals surface area contributed by atoms with E-state index in [-0.39, 0.29) is 0 Å². The maximum atomic E-state index is 12.1. The lowest BCUT2D eigenvalue weighted by molar-refractivity contribution is -0.209. The maximum Gasteiger partial charge on any atom is 0.433 e. The van der Waals surface area contributed by atoms with E-state index in [9.17, 15) is 26.3 Å². The van der Waals surface area contributed by atoms with Crippen molar-refractivity contribution in [2.45, 2.75) is 18.5 Å². The van der Waals surface area contributed by atoms with Gasteiger partial charge in [-0.25, -0.2) is 0 Å². The average Bonchev–Trinajstić information content (AvgIpc) is 2.47. The van der Waals surface area contributed by atoms with Crippen molar-refractivity contribution in [3.63, 3.8) is 0 Å². The SMILES string of the molecule is OC(c1cn[nH]c1C(F)(F)F)C(F)(F)F. The van der Waals surface area contributed by atoms with E-state index >= 15 is 0 Å². The van der Waals surface area contributed by atoms with Crippen molar-refractivity contribution in [3.05, 3.63) is 17.5 Å². The van der Waals surface area contributed by atoms with Gasteiger partial charge in [0.25, 0.3) is 0 Å². The van der Waals surface area contributed by atoms with Crippen molar-refractivity contribution in [3.8, 4) is 0 Å². The van der Waals surface area contributed by atoms with Crippen LogP contribution in [0, 0.1) is 0 Å². The minimum Gasteiger partial charge on any atom is -0.379 e. The smallest absolute Gasteiger partial charge is 0.379 e. The summed E-state index contributed by atoms with van der Waals surface area (Å²) in [6, 6.07) is 0. The first-order chi connectivity index (χ1) is 6.64.